The van der Waals surface area contributed by atoms with E-state index in [4.69, 9.17) is 10.5 Å². The molecule has 8 nitrogen and oxygen atoms in total. The molecule has 146 valence electrons. The SMILES string of the molecule is CCOC(=O)c1sc(NC(=O)[C@@H]2[C@H]3CC[C@@H](C3)[C@@H]2C(=O)O)c(C(N)=O)c1C. The first-order valence-electron chi connectivity index (χ1n) is 8.90. The number of nitrogens with one attached hydrogen (secondary N) is 1. The van der Waals surface area contributed by atoms with Crippen LogP contribution in [0.1, 0.15) is 51.8 Å². The van der Waals surface area contributed by atoms with E-state index in [-0.39, 0.29) is 33.9 Å². The van der Waals surface area contributed by atoms with Crippen LogP contribution in [0.5, 0.6) is 0 Å². The van der Waals surface area contributed by atoms with E-state index in [0.29, 0.717) is 5.56 Å². The molecule has 0 aliphatic heterocycles. The van der Waals surface area contributed by atoms with E-state index in [1.165, 1.54) is 0 Å². The van der Waals surface area contributed by atoms with Gasteiger partial charge in [-0.05, 0) is 50.5 Å². The molecule has 0 radical (unpaired) electrons. The van der Waals surface area contributed by atoms with Crippen LogP contribution in [-0.2, 0) is 14.3 Å². The number of thiophene rings is 1. The Kier molecular flexibility index (Phi) is 5.23. The van der Waals surface area contributed by atoms with E-state index in [2.05, 4.69) is 5.32 Å². The number of carbonyl (C=O) groups excluding carboxylic acids is 3. The van der Waals surface area contributed by atoms with Crippen molar-refractivity contribution in [1.82, 2.24) is 0 Å². The summed E-state index contributed by atoms with van der Waals surface area (Å²) in [7, 11) is 0. The number of anilines is 1. The van der Waals surface area contributed by atoms with Crippen LogP contribution in [0.15, 0.2) is 0 Å². The van der Waals surface area contributed by atoms with Gasteiger partial charge >= 0.3 is 11.9 Å². The molecule has 0 unspecified atom stereocenters. The van der Waals surface area contributed by atoms with Gasteiger partial charge in [-0.2, -0.15) is 0 Å². The largest absolute Gasteiger partial charge is 0.481 e. The second-order valence-corrected chi connectivity index (χ2v) is 8.08. The van der Waals surface area contributed by atoms with Gasteiger partial charge in [0, 0.05) is 0 Å². The second-order valence-electron chi connectivity index (χ2n) is 7.06. The van der Waals surface area contributed by atoms with Crippen molar-refractivity contribution in [3.8, 4) is 0 Å². The third kappa shape index (κ3) is 3.31. The van der Waals surface area contributed by atoms with Gasteiger partial charge in [0.25, 0.3) is 5.91 Å². The molecule has 4 N–H and O–H groups in total. The van der Waals surface area contributed by atoms with Crippen molar-refractivity contribution >= 4 is 40.1 Å². The number of amides is 2. The quantitative estimate of drug-likeness (QED) is 0.632. The van der Waals surface area contributed by atoms with Gasteiger partial charge in [0.15, 0.2) is 0 Å². The van der Waals surface area contributed by atoms with Crippen molar-refractivity contribution in [3.63, 3.8) is 0 Å². The molecule has 1 heterocycles. The van der Waals surface area contributed by atoms with Gasteiger partial charge in [-0.3, -0.25) is 14.4 Å². The molecule has 0 aromatic carbocycles. The molecule has 2 amide bonds. The average Bonchev–Trinajstić information content (AvgIpc) is 3.27. The van der Waals surface area contributed by atoms with Gasteiger partial charge in [0.05, 0.1) is 24.0 Å². The number of carboxylic acid groups (broad SMARTS) is 1. The van der Waals surface area contributed by atoms with Gasteiger partial charge < -0.3 is 20.9 Å². The standard InChI is InChI=1S/C18H22N2O6S/c1-3-26-18(25)13-7(2)10(14(19)21)16(27-13)20-15(22)11-8-4-5-9(6-8)12(11)17(23)24/h8-9,11-12H,3-6H2,1-2H3,(H2,19,21)(H,20,22)(H,23,24)/t8-,9-,11+,12-/m0/s1. The lowest BCUT2D eigenvalue weighted by atomic mass is 9.79. The molecule has 1 aromatic rings. The summed E-state index contributed by atoms with van der Waals surface area (Å²) in [5.74, 6) is -4.08. The van der Waals surface area contributed by atoms with Gasteiger partial charge in [0.2, 0.25) is 5.91 Å². The van der Waals surface area contributed by atoms with Crippen LogP contribution >= 0.6 is 11.3 Å². The Morgan fingerprint density at radius 3 is 2.41 bits per heavy atom. The van der Waals surface area contributed by atoms with Crippen molar-refractivity contribution in [2.75, 3.05) is 11.9 Å². The summed E-state index contributed by atoms with van der Waals surface area (Å²) >= 11 is 0.925. The number of esters is 1. The van der Waals surface area contributed by atoms with Gasteiger partial charge in [-0.1, -0.05) is 0 Å². The highest BCUT2D eigenvalue weighted by Crippen LogP contribution is 2.53. The predicted molar refractivity (Wildman–Crippen MR) is 97.6 cm³/mol. The zero-order chi connectivity index (χ0) is 19.9. The van der Waals surface area contributed by atoms with Crippen LogP contribution in [-0.4, -0.2) is 35.5 Å². The molecule has 4 atom stereocenters. The van der Waals surface area contributed by atoms with E-state index in [1.54, 1.807) is 13.8 Å². The minimum absolute atomic E-state index is 0.0130. The average molecular weight is 394 g/mol. The lowest BCUT2D eigenvalue weighted by Gasteiger charge is -2.26. The highest BCUT2D eigenvalue weighted by atomic mass is 32.1. The summed E-state index contributed by atoms with van der Waals surface area (Å²) < 4.78 is 4.98. The van der Waals surface area contributed by atoms with Crippen LogP contribution in [0.2, 0.25) is 0 Å². The maximum atomic E-state index is 12.9. The molecule has 9 heteroatoms. The van der Waals surface area contributed by atoms with Crippen LogP contribution in [0.4, 0.5) is 5.00 Å². The number of hydrogen-bond donors (Lipinski definition) is 3. The van der Waals surface area contributed by atoms with Crippen LogP contribution < -0.4 is 11.1 Å². The summed E-state index contributed by atoms with van der Waals surface area (Å²) in [5.41, 5.74) is 5.85. The summed E-state index contributed by atoms with van der Waals surface area (Å²) in [6.07, 6.45) is 2.38. The second kappa shape index (κ2) is 7.30. The van der Waals surface area contributed by atoms with E-state index in [1.807, 2.05) is 0 Å². The van der Waals surface area contributed by atoms with Crippen molar-refractivity contribution < 1.29 is 29.0 Å². The minimum Gasteiger partial charge on any atom is -0.481 e. The third-order valence-corrected chi connectivity index (χ3v) is 6.78. The Labute approximate surface area is 160 Å². The molecule has 2 saturated carbocycles. The molecule has 2 aliphatic rings. The van der Waals surface area contributed by atoms with Gasteiger partial charge in [-0.25, -0.2) is 4.79 Å². The molecular weight excluding hydrogens is 372 g/mol. The topological polar surface area (TPSA) is 136 Å². The Hall–Kier alpha value is -2.42. The minimum atomic E-state index is -0.966. The molecule has 3 rings (SSSR count). The number of rotatable bonds is 6. The molecule has 0 saturated heterocycles. The number of hydrogen-bond acceptors (Lipinski definition) is 6. The van der Waals surface area contributed by atoms with E-state index in [0.717, 1.165) is 30.6 Å². The first kappa shape index (κ1) is 19.3. The van der Waals surface area contributed by atoms with Crippen molar-refractivity contribution in [1.29, 1.82) is 0 Å². The Balaban J connectivity index is 1.89. The fourth-order valence-electron chi connectivity index (χ4n) is 4.51. The molecule has 1 aromatic heterocycles. The Morgan fingerprint density at radius 2 is 1.85 bits per heavy atom. The number of ether oxygens (including phenoxy) is 1. The highest BCUT2D eigenvalue weighted by molar-refractivity contribution is 7.18. The van der Waals surface area contributed by atoms with Crippen LogP contribution in [0, 0.1) is 30.6 Å². The fraction of sp³-hybridized carbons (Fsp3) is 0.556. The number of primary amides is 1. The first-order chi connectivity index (χ1) is 12.8. The predicted octanol–water partition coefficient (Wildman–Crippen LogP) is 2.02. The normalized spacial score (nSPS) is 26.0. The van der Waals surface area contributed by atoms with Crippen molar-refractivity contribution in [3.05, 3.63) is 16.0 Å². The molecular formula is C18H22N2O6S. The Bertz CT molecular complexity index is 817. The molecule has 2 bridgehead atoms. The Morgan fingerprint density at radius 1 is 1.22 bits per heavy atom. The molecule has 2 aliphatic carbocycles. The highest BCUT2D eigenvalue weighted by Gasteiger charge is 2.54. The number of fused-ring (bicyclic) bond motifs is 2. The molecule has 27 heavy (non-hydrogen) atoms. The van der Waals surface area contributed by atoms with E-state index >= 15 is 0 Å². The van der Waals surface area contributed by atoms with Crippen LogP contribution in [0.25, 0.3) is 0 Å². The fourth-order valence-corrected chi connectivity index (χ4v) is 5.62. The summed E-state index contributed by atoms with van der Waals surface area (Å²) in [5, 5.41) is 12.4. The zero-order valence-electron chi connectivity index (χ0n) is 15.1. The summed E-state index contributed by atoms with van der Waals surface area (Å²) in [6.45, 7) is 3.41. The van der Waals surface area contributed by atoms with E-state index in [9.17, 15) is 24.3 Å². The van der Waals surface area contributed by atoms with E-state index < -0.39 is 35.6 Å². The summed E-state index contributed by atoms with van der Waals surface area (Å²) in [4.78, 5) is 48.7. The number of aliphatic carboxylic acids is 1. The summed E-state index contributed by atoms with van der Waals surface area (Å²) in [6, 6.07) is 0. The monoisotopic (exact) mass is 394 g/mol. The maximum absolute atomic E-state index is 12.9. The third-order valence-electron chi connectivity index (χ3n) is 5.60. The number of carbonyl (C=O) groups is 4. The van der Waals surface area contributed by atoms with Gasteiger partial charge in [-0.15, -0.1) is 11.3 Å². The first-order valence-corrected chi connectivity index (χ1v) is 9.71. The molecule has 0 spiro atoms. The number of carboxylic acids is 1. The van der Waals surface area contributed by atoms with Gasteiger partial charge in [0.1, 0.15) is 9.88 Å². The zero-order valence-corrected chi connectivity index (χ0v) is 15.9. The lowest BCUT2D eigenvalue weighted by Crippen LogP contribution is -2.38. The van der Waals surface area contributed by atoms with Crippen molar-refractivity contribution in [2.45, 2.75) is 33.1 Å². The maximum Gasteiger partial charge on any atom is 0.348 e. The smallest absolute Gasteiger partial charge is 0.348 e. The lowest BCUT2D eigenvalue weighted by molar-refractivity contribution is -0.148. The number of nitrogens with two attached hydrogens (primary N) is 1. The van der Waals surface area contributed by atoms with Crippen molar-refractivity contribution in [2.24, 2.45) is 29.4 Å². The van der Waals surface area contributed by atoms with Crippen LogP contribution in [0.3, 0.4) is 0 Å². The molecule has 2 fully saturated rings.